The Bertz CT molecular complexity index is 609. The lowest BCUT2D eigenvalue weighted by molar-refractivity contribution is 0.0277. The van der Waals surface area contributed by atoms with Gasteiger partial charge in [-0.2, -0.15) is 0 Å². The number of hydrogen-bond acceptors (Lipinski definition) is 4. The van der Waals surface area contributed by atoms with Gasteiger partial charge in [-0.05, 0) is 52.2 Å². The summed E-state index contributed by atoms with van der Waals surface area (Å²) in [5.41, 5.74) is 3.47. The SMILES string of the molecule is Cc1cc(C2CNCCO2)ccc1Nc1ccc(Br)cn1. The van der Waals surface area contributed by atoms with E-state index in [1.807, 2.05) is 12.1 Å². The van der Waals surface area contributed by atoms with Gasteiger partial charge in [0.15, 0.2) is 0 Å². The van der Waals surface area contributed by atoms with Gasteiger partial charge in [-0.3, -0.25) is 0 Å². The monoisotopic (exact) mass is 347 g/mol. The highest BCUT2D eigenvalue weighted by Gasteiger charge is 2.16. The summed E-state index contributed by atoms with van der Waals surface area (Å²) in [5.74, 6) is 0.838. The number of hydrogen-bond donors (Lipinski definition) is 2. The zero-order chi connectivity index (χ0) is 14.7. The molecule has 2 N–H and O–H groups in total. The fourth-order valence-corrected chi connectivity index (χ4v) is 2.63. The van der Waals surface area contributed by atoms with Crippen molar-refractivity contribution >= 4 is 27.4 Å². The second-order valence-electron chi connectivity index (χ2n) is 5.12. The number of halogens is 1. The summed E-state index contributed by atoms with van der Waals surface area (Å²) < 4.78 is 6.76. The fraction of sp³-hybridized carbons (Fsp3) is 0.312. The minimum absolute atomic E-state index is 0.150. The summed E-state index contributed by atoms with van der Waals surface area (Å²) in [4.78, 5) is 4.33. The third-order valence-electron chi connectivity index (χ3n) is 3.54. The Morgan fingerprint density at radius 3 is 2.90 bits per heavy atom. The molecule has 0 bridgehead atoms. The van der Waals surface area contributed by atoms with Gasteiger partial charge in [-0.25, -0.2) is 4.98 Å². The zero-order valence-electron chi connectivity index (χ0n) is 11.9. The van der Waals surface area contributed by atoms with Crippen molar-refractivity contribution in [3.8, 4) is 0 Å². The van der Waals surface area contributed by atoms with Crippen LogP contribution in [0.1, 0.15) is 17.2 Å². The molecule has 1 aromatic heterocycles. The standard InChI is InChI=1S/C16H18BrN3O/c1-11-8-12(15-10-18-6-7-21-15)2-4-14(11)20-16-5-3-13(17)9-19-16/h2-5,8-9,15,18H,6-7,10H2,1H3,(H,19,20). The maximum absolute atomic E-state index is 5.79. The second-order valence-corrected chi connectivity index (χ2v) is 6.04. The molecule has 2 aromatic rings. The summed E-state index contributed by atoms with van der Waals surface area (Å²) in [7, 11) is 0. The van der Waals surface area contributed by atoms with E-state index in [0.717, 1.165) is 35.7 Å². The Hall–Kier alpha value is -1.43. The highest BCUT2D eigenvalue weighted by molar-refractivity contribution is 9.10. The van der Waals surface area contributed by atoms with E-state index in [1.54, 1.807) is 6.20 Å². The molecule has 1 unspecified atom stereocenters. The van der Waals surface area contributed by atoms with Gasteiger partial charge < -0.3 is 15.4 Å². The first-order chi connectivity index (χ1) is 10.2. The summed E-state index contributed by atoms with van der Waals surface area (Å²) >= 11 is 3.39. The molecule has 3 rings (SSSR count). The molecule has 0 spiro atoms. The summed E-state index contributed by atoms with van der Waals surface area (Å²) in [6.07, 6.45) is 1.94. The molecular formula is C16H18BrN3O. The smallest absolute Gasteiger partial charge is 0.130 e. The number of nitrogens with zero attached hydrogens (tertiary/aromatic N) is 1. The highest BCUT2D eigenvalue weighted by Crippen LogP contribution is 2.26. The first-order valence-corrected chi connectivity index (χ1v) is 7.83. The van der Waals surface area contributed by atoms with Crippen LogP contribution in [0.15, 0.2) is 41.0 Å². The zero-order valence-corrected chi connectivity index (χ0v) is 13.5. The van der Waals surface area contributed by atoms with Crippen molar-refractivity contribution in [2.75, 3.05) is 25.0 Å². The van der Waals surface area contributed by atoms with E-state index in [2.05, 4.69) is 56.7 Å². The van der Waals surface area contributed by atoms with Crippen LogP contribution in [0.25, 0.3) is 0 Å². The molecule has 110 valence electrons. The van der Waals surface area contributed by atoms with Crippen LogP contribution < -0.4 is 10.6 Å². The quantitative estimate of drug-likeness (QED) is 0.891. The molecule has 2 heterocycles. The summed E-state index contributed by atoms with van der Waals surface area (Å²) in [5, 5.41) is 6.70. The van der Waals surface area contributed by atoms with Crippen LogP contribution in [0.5, 0.6) is 0 Å². The lowest BCUT2D eigenvalue weighted by atomic mass is 10.0. The van der Waals surface area contributed by atoms with Crippen molar-refractivity contribution in [3.05, 3.63) is 52.1 Å². The summed E-state index contributed by atoms with van der Waals surface area (Å²) in [6.45, 7) is 4.68. The molecule has 1 atom stereocenters. The van der Waals surface area contributed by atoms with Gasteiger partial charge >= 0.3 is 0 Å². The van der Waals surface area contributed by atoms with E-state index < -0.39 is 0 Å². The molecule has 0 aliphatic carbocycles. The van der Waals surface area contributed by atoms with Crippen LogP contribution in [-0.2, 0) is 4.74 Å². The molecule has 1 aliphatic rings. The number of morpholine rings is 1. The normalized spacial score (nSPS) is 18.5. The van der Waals surface area contributed by atoms with Crippen molar-refractivity contribution in [2.45, 2.75) is 13.0 Å². The molecule has 4 nitrogen and oxygen atoms in total. The Balaban J connectivity index is 1.76. The van der Waals surface area contributed by atoms with E-state index >= 15 is 0 Å². The van der Waals surface area contributed by atoms with Crippen LogP contribution in [0.2, 0.25) is 0 Å². The number of anilines is 2. The topological polar surface area (TPSA) is 46.2 Å². The van der Waals surface area contributed by atoms with Gasteiger partial charge in [0, 0.05) is 29.4 Å². The van der Waals surface area contributed by atoms with Crippen LogP contribution in [0, 0.1) is 6.92 Å². The van der Waals surface area contributed by atoms with Gasteiger partial charge in [0.25, 0.3) is 0 Å². The Labute approximate surface area is 133 Å². The van der Waals surface area contributed by atoms with Crippen LogP contribution in [0.4, 0.5) is 11.5 Å². The Kier molecular flexibility index (Phi) is 4.53. The van der Waals surface area contributed by atoms with E-state index in [0.29, 0.717) is 0 Å². The molecule has 1 fully saturated rings. The van der Waals surface area contributed by atoms with Crippen molar-refractivity contribution in [2.24, 2.45) is 0 Å². The maximum Gasteiger partial charge on any atom is 0.130 e. The molecule has 21 heavy (non-hydrogen) atoms. The molecule has 1 saturated heterocycles. The maximum atomic E-state index is 5.79. The number of aryl methyl sites for hydroxylation is 1. The van der Waals surface area contributed by atoms with Gasteiger partial charge in [0.05, 0.1) is 12.7 Å². The predicted molar refractivity (Wildman–Crippen MR) is 88.0 cm³/mol. The predicted octanol–water partition coefficient (Wildman–Crippen LogP) is 3.56. The molecule has 0 amide bonds. The minimum Gasteiger partial charge on any atom is -0.371 e. The van der Waals surface area contributed by atoms with E-state index in [1.165, 1.54) is 11.1 Å². The van der Waals surface area contributed by atoms with Crippen LogP contribution in [0.3, 0.4) is 0 Å². The van der Waals surface area contributed by atoms with Crippen molar-refractivity contribution < 1.29 is 4.74 Å². The Morgan fingerprint density at radius 1 is 1.33 bits per heavy atom. The largest absolute Gasteiger partial charge is 0.371 e. The average Bonchev–Trinajstić information content (AvgIpc) is 2.52. The van der Waals surface area contributed by atoms with Crippen LogP contribution in [-0.4, -0.2) is 24.7 Å². The molecule has 5 heteroatoms. The number of benzene rings is 1. The molecule has 0 radical (unpaired) electrons. The number of rotatable bonds is 3. The van der Waals surface area contributed by atoms with Gasteiger partial charge in [-0.15, -0.1) is 0 Å². The van der Waals surface area contributed by atoms with Crippen LogP contribution >= 0.6 is 15.9 Å². The molecular weight excluding hydrogens is 330 g/mol. The number of aromatic nitrogens is 1. The first-order valence-electron chi connectivity index (χ1n) is 7.04. The number of ether oxygens (including phenoxy) is 1. The third kappa shape index (κ3) is 3.61. The molecule has 0 saturated carbocycles. The molecule has 1 aliphatic heterocycles. The van der Waals surface area contributed by atoms with E-state index in [-0.39, 0.29) is 6.10 Å². The van der Waals surface area contributed by atoms with Crippen molar-refractivity contribution in [1.29, 1.82) is 0 Å². The fourth-order valence-electron chi connectivity index (χ4n) is 2.39. The van der Waals surface area contributed by atoms with Gasteiger partial charge in [0.2, 0.25) is 0 Å². The minimum atomic E-state index is 0.150. The van der Waals surface area contributed by atoms with Crippen molar-refractivity contribution in [1.82, 2.24) is 10.3 Å². The second kappa shape index (κ2) is 6.56. The highest BCUT2D eigenvalue weighted by atomic mass is 79.9. The van der Waals surface area contributed by atoms with Gasteiger partial charge in [-0.1, -0.05) is 12.1 Å². The van der Waals surface area contributed by atoms with Crippen molar-refractivity contribution in [3.63, 3.8) is 0 Å². The number of nitrogens with one attached hydrogen (secondary N) is 2. The van der Waals surface area contributed by atoms with E-state index in [4.69, 9.17) is 4.74 Å². The summed E-state index contributed by atoms with van der Waals surface area (Å²) in [6, 6.07) is 10.3. The average molecular weight is 348 g/mol. The first kappa shape index (κ1) is 14.5. The van der Waals surface area contributed by atoms with E-state index in [9.17, 15) is 0 Å². The molecule has 1 aromatic carbocycles. The Morgan fingerprint density at radius 2 is 2.24 bits per heavy atom. The van der Waals surface area contributed by atoms with Gasteiger partial charge in [0.1, 0.15) is 5.82 Å². The lowest BCUT2D eigenvalue weighted by Gasteiger charge is -2.24. The number of pyridine rings is 1. The lowest BCUT2D eigenvalue weighted by Crippen LogP contribution is -2.33. The third-order valence-corrected chi connectivity index (χ3v) is 4.01.